The molecule has 0 spiro atoms. The van der Waals surface area contributed by atoms with Gasteiger partial charge < -0.3 is 10.0 Å². The normalized spacial score (nSPS) is 34.3. The lowest BCUT2D eigenvalue weighted by Crippen LogP contribution is -2.31. The molecule has 0 radical (unpaired) electrons. The van der Waals surface area contributed by atoms with Crippen molar-refractivity contribution in [3.8, 4) is 0 Å². The monoisotopic (exact) mass is 199 g/mol. The predicted molar refractivity (Wildman–Crippen MR) is 60.3 cm³/mol. The van der Waals surface area contributed by atoms with E-state index in [0.717, 1.165) is 31.7 Å². The summed E-state index contributed by atoms with van der Waals surface area (Å²) in [5, 5.41) is 10.3. The van der Waals surface area contributed by atoms with Crippen LogP contribution in [0.4, 0.5) is 0 Å². The first-order valence-corrected chi connectivity index (χ1v) is 5.85. The van der Waals surface area contributed by atoms with Crippen LogP contribution >= 0.6 is 0 Å². The molecule has 1 saturated heterocycles. The lowest BCUT2D eigenvalue weighted by atomic mass is 9.92. The topological polar surface area (TPSA) is 23.5 Å². The molecule has 1 fully saturated rings. The highest BCUT2D eigenvalue weighted by Crippen LogP contribution is 2.30. The first-order chi connectivity index (χ1) is 6.43. The Bertz CT molecular complexity index is 169. The van der Waals surface area contributed by atoms with E-state index in [-0.39, 0.29) is 0 Å². The van der Waals surface area contributed by atoms with Gasteiger partial charge in [0.15, 0.2) is 0 Å². The van der Waals surface area contributed by atoms with Crippen molar-refractivity contribution in [1.82, 2.24) is 4.90 Å². The van der Waals surface area contributed by atoms with Crippen LogP contribution in [-0.2, 0) is 0 Å². The van der Waals surface area contributed by atoms with Gasteiger partial charge in [0.05, 0.1) is 5.60 Å². The van der Waals surface area contributed by atoms with Gasteiger partial charge in [-0.25, -0.2) is 0 Å². The minimum Gasteiger partial charge on any atom is -0.388 e. The molecule has 0 saturated carbocycles. The summed E-state index contributed by atoms with van der Waals surface area (Å²) in [6, 6.07) is 0.541. The van der Waals surface area contributed by atoms with Crippen LogP contribution in [0, 0.1) is 5.92 Å². The number of β-amino-alcohol motifs (C(OH)–C–C–N with tert-alkyl or cyclic N) is 1. The fourth-order valence-corrected chi connectivity index (χ4v) is 2.41. The Morgan fingerprint density at radius 2 is 2.14 bits per heavy atom. The zero-order valence-corrected chi connectivity index (χ0v) is 10.1. The van der Waals surface area contributed by atoms with Gasteiger partial charge in [-0.05, 0) is 32.7 Å². The van der Waals surface area contributed by atoms with Crippen molar-refractivity contribution in [2.24, 2.45) is 5.92 Å². The molecule has 14 heavy (non-hydrogen) atoms. The van der Waals surface area contributed by atoms with Crippen LogP contribution in [0.25, 0.3) is 0 Å². The van der Waals surface area contributed by atoms with E-state index >= 15 is 0 Å². The molecule has 0 amide bonds. The van der Waals surface area contributed by atoms with Gasteiger partial charge in [0, 0.05) is 12.6 Å². The van der Waals surface area contributed by atoms with E-state index in [1.165, 1.54) is 6.42 Å². The summed E-state index contributed by atoms with van der Waals surface area (Å²) in [7, 11) is 2.10. The fraction of sp³-hybridized carbons (Fsp3) is 1.00. The Labute approximate surface area is 88.3 Å². The average molecular weight is 199 g/mol. The summed E-state index contributed by atoms with van der Waals surface area (Å²) in [5.41, 5.74) is -0.400. The van der Waals surface area contributed by atoms with Crippen LogP contribution in [0.5, 0.6) is 0 Å². The van der Waals surface area contributed by atoms with Gasteiger partial charge in [-0.1, -0.05) is 26.7 Å². The molecule has 0 aliphatic carbocycles. The molecule has 1 N–H and O–H groups in total. The highest BCUT2D eigenvalue weighted by Gasteiger charge is 2.37. The Balaban J connectivity index is 2.30. The maximum atomic E-state index is 10.3. The standard InChI is InChI=1S/C12H25NO/c1-10(2)6-5-7-12(14)8-11(3)13(4)9-12/h10-11,14H,5-9H2,1-4H3. The lowest BCUT2D eigenvalue weighted by Gasteiger charge is -2.22. The number of hydrogen-bond donors (Lipinski definition) is 1. The number of rotatable bonds is 4. The summed E-state index contributed by atoms with van der Waals surface area (Å²) < 4.78 is 0. The summed E-state index contributed by atoms with van der Waals surface area (Å²) >= 11 is 0. The molecule has 2 atom stereocenters. The lowest BCUT2D eigenvalue weighted by molar-refractivity contribution is 0.0395. The van der Waals surface area contributed by atoms with Crippen molar-refractivity contribution in [3.63, 3.8) is 0 Å². The predicted octanol–water partition coefficient (Wildman–Crippen LogP) is 2.27. The van der Waals surface area contributed by atoms with E-state index in [9.17, 15) is 5.11 Å². The van der Waals surface area contributed by atoms with Crippen LogP contribution in [0.1, 0.15) is 46.5 Å². The zero-order valence-electron chi connectivity index (χ0n) is 10.1. The van der Waals surface area contributed by atoms with E-state index in [4.69, 9.17) is 0 Å². The smallest absolute Gasteiger partial charge is 0.0788 e. The molecule has 1 aliphatic heterocycles. The zero-order chi connectivity index (χ0) is 10.8. The maximum Gasteiger partial charge on any atom is 0.0788 e. The molecule has 2 nitrogen and oxygen atoms in total. The number of likely N-dealkylation sites (tertiary alicyclic amines) is 1. The fourth-order valence-electron chi connectivity index (χ4n) is 2.41. The third-order valence-electron chi connectivity index (χ3n) is 3.40. The second-order valence-corrected chi connectivity index (χ2v) is 5.48. The van der Waals surface area contributed by atoms with E-state index in [1.807, 2.05) is 0 Å². The maximum absolute atomic E-state index is 10.3. The molecule has 2 heteroatoms. The number of aliphatic hydroxyl groups is 1. The summed E-state index contributed by atoms with van der Waals surface area (Å²) in [6.45, 7) is 7.54. The molecule has 84 valence electrons. The van der Waals surface area contributed by atoms with E-state index in [1.54, 1.807) is 0 Å². The highest BCUT2D eigenvalue weighted by molar-refractivity contribution is 4.93. The average Bonchev–Trinajstić information content (AvgIpc) is 2.25. The summed E-state index contributed by atoms with van der Waals surface area (Å²) in [6.07, 6.45) is 4.32. The van der Waals surface area contributed by atoms with Gasteiger partial charge in [0.2, 0.25) is 0 Å². The van der Waals surface area contributed by atoms with E-state index in [2.05, 4.69) is 32.7 Å². The molecule has 1 heterocycles. The van der Waals surface area contributed by atoms with Crippen molar-refractivity contribution < 1.29 is 5.11 Å². The second kappa shape index (κ2) is 4.63. The van der Waals surface area contributed by atoms with Gasteiger partial charge in [-0.3, -0.25) is 0 Å². The van der Waals surface area contributed by atoms with Gasteiger partial charge in [-0.15, -0.1) is 0 Å². The Morgan fingerprint density at radius 1 is 1.50 bits per heavy atom. The number of nitrogens with zero attached hydrogens (tertiary/aromatic N) is 1. The third-order valence-corrected chi connectivity index (χ3v) is 3.40. The van der Waals surface area contributed by atoms with Gasteiger partial charge in [0.1, 0.15) is 0 Å². The van der Waals surface area contributed by atoms with Crippen LogP contribution in [0.3, 0.4) is 0 Å². The van der Waals surface area contributed by atoms with Crippen molar-refractivity contribution in [2.75, 3.05) is 13.6 Å². The minimum absolute atomic E-state index is 0.400. The minimum atomic E-state index is -0.400. The molecule has 0 aromatic rings. The van der Waals surface area contributed by atoms with Crippen LogP contribution in [0.15, 0.2) is 0 Å². The molecule has 0 aromatic carbocycles. The van der Waals surface area contributed by atoms with Crippen molar-refractivity contribution in [1.29, 1.82) is 0 Å². The van der Waals surface area contributed by atoms with Gasteiger partial charge in [0.25, 0.3) is 0 Å². The van der Waals surface area contributed by atoms with Gasteiger partial charge >= 0.3 is 0 Å². The molecular formula is C12H25NO. The van der Waals surface area contributed by atoms with Gasteiger partial charge in [-0.2, -0.15) is 0 Å². The first-order valence-electron chi connectivity index (χ1n) is 5.85. The number of hydrogen-bond acceptors (Lipinski definition) is 2. The molecule has 2 unspecified atom stereocenters. The molecular weight excluding hydrogens is 174 g/mol. The number of likely N-dealkylation sites (N-methyl/N-ethyl adjacent to an activating group) is 1. The Morgan fingerprint density at radius 3 is 2.57 bits per heavy atom. The molecule has 0 bridgehead atoms. The van der Waals surface area contributed by atoms with Crippen molar-refractivity contribution in [3.05, 3.63) is 0 Å². The highest BCUT2D eigenvalue weighted by atomic mass is 16.3. The Hall–Kier alpha value is -0.0800. The summed E-state index contributed by atoms with van der Waals surface area (Å²) in [4.78, 5) is 2.26. The largest absolute Gasteiger partial charge is 0.388 e. The molecule has 1 rings (SSSR count). The van der Waals surface area contributed by atoms with Crippen LogP contribution in [0.2, 0.25) is 0 Å². The molecule has 0 aromatic heterocycles. The third kappa shape index (κ3) is 3.25. The Kier molecular flexibility index (Phi) is 3.96. The van der Waals surface area contributed by atoms with E-state index < -0.39 is 5.60 Å². The van der Waals surface area contributed by atoms with E-state index in [0.29, 0.717) is 6.04 Å². The van der Waals surface area contributed by atoms with Crippen molar-refractivity contribution in [2.45, 2.75) is 58.1 Å². The van der Waals surface area contributed by atoms with Crippen LogP contribution in [-0.4, -0.2) is 35.2 Å². The quantitative estimate of drug-likeness (QED) is 0.751. The SMILES string of the molecule is CC(C)CCCC1(O)CC(C)N(C)C1. The second-order valence-electron chi connectivity index (χ2n) is 5.48. The summed E-state index contributed by atoms with van der Waals surface area (Å²) in [5.74, 6) is 0.759. The molecule has 1 aliphatic rings. The van der Waals surface area contributed by atoms with Crippen molar-refractivity contribution >= 4 is 0 Å². The van der Waals surface area contributed by atoms with Crippen LogP contribution < -0.4 is 0 Å². The first kappa shape index (κ1) is 12.0.